The van der Waals surface area contributed by atoms with Crippen LogP contribution in [0, 0.1) is 23.7 Å². The highest BCUT2D eigenvalue weighted by Crippen LogP contribution is 2.32. The molecule has 0 radical (unpaired) electrons. The largest absolute Gasteiger partial charge is 0.394 e. The van der Waals surface area contributed by atoms with Gasteiger partial charge in [0.15, 0.2) is 0 Å². The number of hydrogen-bond donors (Lipinski definition) is 12. The third-order valence-corrected chi connectivity index (χ3v) is 12.5. The standard InChI is InChI=1S/C22H40N2O10.C18H36N2O8/c1-5-13-15(6-25)33-18(20(21(13)29)24-12(3)28)10-32-8-14-16(7-26)34-17(9-31-4)19(22(14)30)23-11(2)27;1-3-9-11(4-21)27-14(16(20)17(9)23)8-26-6-10-12(5-22)28-13(7-25-2)15(19)18(10)24/h13-22,25-26,29-30H,5-10H2,1-4H3,(H,23,27)(H,24,28);9-18,21-24H,3-8,19-20H2,1-2H3. The molecule has 4 fully saturated rings. The Balaban J connectivity index is 0.000000336. The highest BCUT2D eigenvalue weighted by atomic mass is 16.6. The van der Waals surface area contributed by atoms with Gasteiger partial charge in [0.1, 0.15) is 12.2 Å². The maximum Gasteiger partial charge on any atom is 0.217 e. The van der Waals surface area contributed by atoms with Crippen LogP contribution in [0.5, 0.6) is 0 Å². The molecule has 0 aliphatic carbocycles. The zero-order valence-corrected chi connectivity index (χ0v) is 36.8. The van der Waals surface area contributed by atoms with Gasteiger partial charge < -0.3 is 101 Å². The second kappa shape index (κ2) is 27.0. The minimum absolute atomic E-state index is 0.0497. The van der Waals surface area contributed by atoms with Crippen LogP contribution in [0.25, 0.3) is 0 Å². The Morgan fingerprint density at radius 1 is 0.484 bits per heavy atom. The van der Waals surface area contributed by atoms with Crippen LogP contribution in [-0.4, -0.2) is 230 Å². The van der Waals surface area contributed by atoms with Gasteiger partial charge in [0.2, 0.25) is 11.8 Å². The topological polar surface area (TPSA) is 346 Å². The monoisotopic (exact) mass is 901 g/mol. The molecule has 4 saturated heterocycles. The zero-order chi connectivity index (χ0) is 46.3. The first-order valence-electron chi connectivity index (χ1n) is 21.5. The Labute approximate surface area is 363 Å². The Morgan fingerprint density at radius 2 is 0.790 bits per heavy atom. The van der Waals surface area contributed by atoms with Gasteiger partial charge >= 0.3 is 0 Å². The number of carbonyl (C=O) groups is 2. The summed E-state index contributed by atoms with van der Waals surface area (Å²) in [5, 5.41) is 86.8. The molecule has 22 heteroatoms. The first-order valence-corrected chi connectivity index (χ1v) is 21.5. The molecule has 0 aromatic carbocycles. The summed E-state index contributed by atoms with van der Waals surface area (Å²) in [6.07, 6.45) is -7.65. The molecule has 22 nitrogen and oxygen atoms in total. The van der Waals surface area contributed by atoms with E-state index >= 15 is 0 Å². The van der Waals surface area contributed by atoms with Crippen molar-refractivity contribution in [2.24, 2.45) is 35.1 Å². The molecule has 0 bridgehead atoms. The summed E-state index contributed by atoms with van der Waals surface area (Å²) < 4.78 is 45.1. The highest BCUT2D eigenvalue weighted by Gasteiger charge is 2.48. The normalized spacial score (nSPS) is 41.2. The van der Waals surface area contributed by atoms with E-state index < -0.39 is 109 Å². The van der Waals surface area contributed by atoms with Crippen LogP contribution in [0.3, 0.4) is 0 Å². The average Bonchev–Trinajstić information content (AvgIpc) is 3.24. The third-order valence-electron chi connectivity index (χ3n) is 12.5. The van der Waals surface area contributed by atoms with Gasteiger partial charge in [-0.3, -0.25) is 9.59 Å². The highest BCUT2D eigenvalue weighted by molar-refractivity contribution is 5.73. The van der Waals surface area contributed by atoms with Crippen LogP contribution in [0.15, 0.2) is 0 Å². The molecule has 0 aromatic rings. The smallest absolute Gasteiger partial charge is 0.217 e. The van der Waals surface area contributed by atoms with E-state index in [1.807, 2.05) is 13.8 Å². The number of aliphatic hydroxyl groups is 8. The second-order valence-electron chi connectivity index (χ2n) is 16.6. The van der Waals surface area contributed by atoms with Gasteiger partial charge in [0, 0.05) is 51.7 Å². The number of carbonyl (C=O) groups excluding carboxylic acids is 2. The Kier molecular flexibility index (Phi) is 23.8. The fraction of sp³-hybridized carbons (Fsp3) is 0.950. The number of methoxy groups -OCH3 is 2. The average molecular weight is 901 g/mol. The van der Waals surface area contributed by atoms with E-state index in [-0.39, 0.29) is 89.7 Å². The number of rotatable bonds is 20. The van der Waals surface area contributed by atoms with Gasteiger partial charge in [-0.2, -0.15) is 0 Å². The minimum atomic E-state index is -1.09. The molecule has 20 unspecified atom stereocenters. The summed E-state index contributed by atoms with van der Waals surface area (Å²) in [5.41, 5.74) is 12.1. The maximum atomic E-state index is 11.7. The molecule has 4 aliphatic rings. The van der Waals surface area contributed by atoms with Gasteiger partial charge in [-0.1, -0.05) is 13.8 Å². The van der Waals surface area contributed by atoms with E-state index in [0.717, 1.165) is 0 Å². The van der Waals surface area contributed by atoms with Gasteiger partial charge in [-0.15, -0.1) is 0 Å². The number of hydrogen-bond acceptors (Lipinski definition) is 20. The van der Waals surface area contributed by atoms with Crippen molar-refractivity contribution in [3.63, 3.8) is 0 Å². The van der Waals surface area contributed by atoms with Crippen LogP contribution in [0.4, 0.5) is 0 Å². The van der Waals surface area contributed by atoms with Gasteiger partial charge in [-0.05, 0) is 12.8 Å². The molecule has 2 amide bonds. The van der Waals surface area contributed by atoms with Crippen molar-refractivity contribution in [1.82, 2.24) is 10.6 Å². The molecule has 4 rings (SSSR count). The fourth-order valence-corrected chi connectivity index (χ4v) is 9.03. The van der Waals surface area contributed by atoms with Crippen molar-refractivity contribution in [1.29, 1.82) is 0 Å². The van der Waals surface area contributed by atoms with Crippen LogP contribution < -0.4 is 22.1 Å². The van der Waals surface area contributed by atoms with Crippen molar-refractivity contribution in [2.45, 2.75) is 138 Å². The summed E-state index contributed by atoms with van der Waals surface area (Å²) in [7, 11) is 2.98. The van der Waals surface area contributed by atoms with Crippen LogP contribution in [0.1, 0.15) is 40.5 Å². The first kappa shape index (κ1) is 54.6. The number of nitrogens with two attached hydrogens (primary N) is 2. The first-order chi connectivity index (χ1) is 29.6. The molecule has 20 atom stereocenters. The maximum absolute atomic E-state index is 11.7. The lowest BCUT2D eigenvalue weighted by Gasteiger charge is -2.46. The number of ether oxygens (including phenoxy) is 8. The molecule has 4 aliphatic heterocycles. The number of amides is 2. The number of aliphatic hydroxyl groups excluding tert-OH is 8. The van der Waals surface area contributed by atoms with E-state index in [1.54, 1.807) is 0 Å². The van der Waals surface area contributed by atoms with Crippen LogP contribution >= 0.6 is 0 Å². The van der Waals surface area contributed by atoms with E-state index in [4.69, 9.17) is 49.4 Å². The lowest BCUT2D eigenvalue weighted by Crippen LogP contribution is -2.64. The SMILES string of the molecule is CCC1C(CO)OC(COCC2C(CO)OC(COC)C(N)C2O)C(N)C1O.CCC1C(CO)OC(COCC2C(CO)OC(COC)C(NC(C)=O)C2O)C(NC(C)=O)C1O. The van der Waals surface area contributed by atoms with E-state index in [9.17, 15) is 50.4 Å². The molecule has 14 N–H and O–H groups in total. The zero-order valence-electron chi connectivity index (χ0n) is 36.8. The minimum Gasteiger partial charge on any atom is -0.394 e. The van der Waals surface area contributed by atoms with E-state index in [0.29, 0.717) is 12.8 Å². The van der Waals surface area contributed by atoms with Gasteiger partial charge in [0.25, 0.3) is 0 Å². The molecule has 0 aromatic heterocycles. The fourth-order valence-electron chi connectivity index (χ4n) is 9.03. The molecule has 0 spiro atoms. The molecular weight excluding hydrogens is 824 g/mol. The summed E-state index contributed by atoms with van der Waals surface area (Å²) in [6, 6.07) is -2.83. The summed E-state index contributed by atoms with van der Waals surface area (Å²) in [5.74, 6) is -2.50. The third kappa shape index (κ3) is 14.1. The van der Waals surface area contributed by atoms with Crippen molar-refractivity contribution in [3.05, 3.63) is 0 Å². The summed E-state index contributed by atoms with van der Waals surface area (Å²) in [6.45, 7) is 5.63. The lowest BCUT2D eigenvalue weighted by atomic mass is 9.83. The molecule has 0 saturated carbocycles. The van der Waals surface area contributed by atoms with E-state index in [1.165, 1.54) is 28.1 Å². The predicted octanol–water partition coefficient (Wildman–Crippen LogP) is -5.27. The predicted molar refractivity (Wildman–Crippen MR) is 218 cm³/mol. The van der Waals surface area contributed by atoms with Crippen LogP contribution in [-0.2, 0) is 47.5 Å². The molecule has 364 valence electrons. The Morgan fingerprint density at radius 3 is 1.19 bits per heavy atom. The Hall–Kier alpha value is -1.78. The second-order valence-corrected chi connectivity index (χ2v) is 16.6. The van der Waals surface area contributed by atoms with Crippen LogP contribution in [0.2, 0.25) is 0 Å². The quantitative estimate of drug-likeness (QED) is 0.0543. The lowest BCUT2D eigenvalue weighted by molar-refractivity contribution is -0.205. The van der Waals surface area contributed by atoms with Gasteiger partial charge in [0.05, 0.1) is 151 Å². The van der Waals surface area contributed by atoms with E-state index in [2.05, 4.69) is 10.6 Å². The van der Waals surface area contributed by atoms with Crippen molar-refractivity contribution >= 4 is 11.8 Å². The van der Waals surface area contributed by atoms with Crippen molar-refractivity contribution in [3.8, 4) is 0 Å². The Bertz CT molecular complexity index is 1290. The van der Waals surface area contributed by atoms with Crippen molar-refractivity contribution < 1.29 is 88.3 Å². The molecule has 4 heterocycles. The molecule has 62 heavy (non-hydrogen) atoms. The summed E-state index contributed by atoms with van der Waals surface area (Å²) >= 11 is 0. The summed E-state index contributed by atoms with van der Waals surface area (Å²) in [4.78, 5) is 23.4. The molecular formula is C40H76N4O18. The number of nitrogens with one attached hydrogen (secondary N) is 2. The van der Waals surface area contributed by atoms with Crippen molar-refractivity contribution in [2.75, 3.05) is 80.3 Å². The van der Waals surface area contributed by atoms with Gasteiger partial charge in [-0.25, -0.2) is 0 Å².